The van der Waals surface area contributed by atoms with E-state index in [4.69, 9.17) is 9.47 Å². The van der Waals surface area contributed by atoms with Gasteiger partial charge >= 0.3 is 0 Å². The third-order valence-electron chi connectivity index (χ3n) is 5.33. The van der Waals surface area contributed by atoms with Crippen LogP contribution in [-0.2, 0) is 6.61 Å². The van der Waals surface area contributed by atoms with Crippen molar-refractivity contribution in [3.63, 3.8) is 0 Å². The zero-order valence-corrected chi connectivity index (χ0v) is 23.7. The Balaban J connectivity index is 1.71. The maximum absolute atomic E-state index is 14.0. The van der Waals surface area contributed by atoms with Crippen LogP contribution in [-0.4, -0.2) is 22.5 Å². The van der Waals surface area contributed by atoms with Gasteiger partial charge in [0.05, 0.1) is 27.3 Å². The van der Waals surface area contributed by atoms with Crippen LogP contribution in [0.15, 0.2) is 69.0 Å². The molecule has 1 aromatic heterocycles. The number of halogens is 3. The Hall–Kier alpha value is -2.79. The van der Waals surface area contributed by atoms with Crippen molar-refractivity contribution in [3.8, 4) is 11.5 Å². The molecule has 0 spiro atoms. The SMILES string of the molecule is CCOc1cc(C=Nn2c(C(C)C)nc3ccc(Br)cc3c2=O)cc(I)c1OCc1ccccc1F. The topological polar surface area (TPSA) is 65.7 Å². The first-order valence-corrected chi connectivity index (χ1v) is 13.2. The maximum Gasteiger partial charge on any atom is 0.282 e. The molecule has 4 aromatic rings. The molecule has 0 aliphatic heterocycles. The molecule has 0 radical (unpaired) electrons. The van der Waals surface area contributed by atoms with E-state index in [2.05, 4.69) is 48.6 Å². The predicted octanol–water partition coefficient (Wildman–Crippen LogP) is 6.89. The Morgan fingerprint density at radius 1 is 1.17 bits per heavy atom. The Kier molecular flexibility index (Phi) is 8.40. The number of nitrogens with zero attached hydrogens (tertiary/aromatic N) is 3. The monoisotopic (exact) mass is 663 g/mol. The van der Waals surface area contributed by atoms with E-state index in [0.717, 1.165) is 13.6 Å². The zero-order chi connectivity index (χ0) is 25.8. The molecule has 0 bridgehead atoms. The third-order valence-corrected chi connectivity index (χ3v) is 6.63. The largest absolute Gasteiger partial charge is 0.490 e. The van der Waals surface area contributed by atoms with Gasteiger partial charge in [0, 0.05) is 16.0 Å². The number of fused-ring (bicyclic) bond motifs is 1. The molecular formula is C27H24BrFIN3O3. The minimum absolute atomic E-state index is 0.0174. The standard InChI is InChI=1S/C27H24BrFIN3O3/c1-4-35-24-12-17(11-22(30)25(24)36-15-18-7-5-6-8-21(18)29)14-31-33-26(16(2)3)32-23-10-9-19(28)13-20(23)27(33)34/h5-14,16H,4,15H2,1-3H3. The molecular weight excluding hydrogens is 640 g/mol. The molecule has 9 heteroatoms. The first-order valence-electron chi connectivity index (χ1n) is 11.4. The second kappa shape index (κ2) is 11.5. The van der Waals surface area contributed by atoms with Crippen molar-refractivity contribution >= 4 is 55.6 Å². The molecule has 186 valence electrons. The number of ether oxygens (including phenoxy) is 2. The van der Waals surface area contributed by atoms with Crippen molar-refractivity contribution in [2.45, 2.75) is 33.3 Å². The van der Waals surface area contributed by atoms with Crippen LogP contribution >= 0.6 is 38.5 Å². The third kappa shape index (κ3) is 5.78. The van der Waals surface area contributed by atoms with Crippen LogP contribution in [0.25, 0.3) is 10.9 Å². The predicted molar refractivity (Wildman–Crippen MR) is 152 cm³/mol. The minimum atomic E-state index is -0.323. The fourth-order valence-corrected chi connectivity index (χ4v) is 4.75. The lowest BCUT2D eigenvalue weighted by molar-refractivity contribution is 0.264. The average molecular weight is 664 g/mol. The van der Waals surface area contributed by atoms with Crippen LogP contribution in [0, 0.1) is 9.39 Å². The highest BCUT2D eigenvalue weighted by atomic mass is 127. The normalized spacial score (nSPS) is 11.5. The van der Waals surface area contributed by atoms with E-state index in [1.165, 1.54) is 10.7 Å². The number of benzene rings is 3. The first-order chi connectivity index (χ1) is 17.3. The lowest BCUT2D eigenvalue weighted by Gasteiger charge is -2.15. The van der Waals surface area contributed by atoms with E-state index in [-0.39, 0.29) is 23.9 Å². The lowest BCUT2D eigenvalue weighted by Crippen LogP contribution is -2.23. The summed E-state index contributed by atoms with van der Waals surface area (Å²) in [5.41, 5.74) is 1.56. The molecule has 0 aliphatic carbocycles. The second-order valence-electron chi connectivity index (χ2n) is 8.29. The van der Waals surface area contributed by atoms with Crippen molar-refractivity contribution in [2.24, 2.45) is 5.10 Å². The first kappa shape index (κ1) is 26.3. The van der Waals surface area contributed by atoms with E-state index in [9.17, 15) is 9.18 Å². The maximum atomic E-state index is 14.0. The highest BCUT2D eigenvalue weighted by Gasteiger charge is 2.16. The summed E-state index contributed by atoms with van der Waals surface area (Å²) >= 11 is 5.57. The van der Waals surface area contributed by atoms with Gasteiger partial charge in [-0.15, -0.1) is 0 Å². The molecule has 1 heterocycles. The van der Waals surface area contributed by atoms with Crippen molar-refractivity contribution in [2.75, 3.05) is 6.61 Å². The molecule has 36 heavy (non-hydrogen) atoms. The Bertz CT molecular complexity index is 1500. The molecule has 0 saturated heterocycles. The molecule has 0 amide bonds. The van der Waals surface area contributed by atoms with Gasteiger partial charge < -0.3 is 9.47 Å². The Morgan fingerprint density at radius 3 is 2.67 bits per heavy atom. The van der Waals surface area contributed by atoms with Gasteiger partial charge in [-0.1, -0.05) is 48.0 Å². The Morgan fingerprint density at radius 2 is 1.94 bits per heavy atom. The summed E-state index contributed by atoms with van der Waals surface area (Å²) in [7, 11) is 0. The summed E-state index contributed by atoms with van der Waals surface area (Å²) in [5, 5.41) is 4.99. The van der Waals surface area contributed by atoms with Gasteiger partial charge in [-0.05, 0) is 71.5 Å². The van der Waals surface area contributed by atoms with E-state index < -0.39 is 0 Å². The molecule has 0 unspecified atom stereocenters. The highest BCUT2D eigenvalue weighted by Crippen LogP contribution is 2.34. The lowest BCUT2D eigenvalue weighted by atomic mass is 10.2. The van der Waals surface area contributed by atoms with Crippen LogP contribution in [0.3, 0.4) is 0 Å². The second-order valence-corrected chi connectivity index (χ2v) is 10.4. The summed E-state index contributed by atoms with van der Waals surface area (Å²) < 4.78 is 28.7. The van der Waals surface area contributed by atoms with Gasteiger partial charge in [0.25, 0.3) is 5.56 Å². The van der Waals surface area contributed by atoms with Crippen LogP contribution in [0.4, 0.5) is 4.39 Å². The highest BCUT2D eigenvalue weighted by molar-refractivity contribution is 14.1. The van der Waals surface area contributed by atoms with Gasteiger partial charge in [-0.2, -0.15) is 9.78 Å². The summed E-state index contributed by atoms with van der Waals surface area (Å²) in [4.78, 5) is 18.0. The smallest absolute Gasteiger partial charge is 0.282 e. The summed E-state index contributed by atoms with van der Waals surface area (Å²) in [6.07, 6.45) is 1.60. The molecule has 6 nitrogen and oxygen atoms in total. The fourth-order valence-electron chi connectivity index (χ4n) is 3.61. The van der Waals surface area contributed by atoms with Crippen molar-refractivity contribution in [1.29, 1.82) is 0 Å². The average Bonchev–Trinajstić information content (AvgIpc) is 2.84. The van der Waals surface area contributed by atoms with Crippen LogP contribution in [0.2, 0.25) is 0 Å². The van der Waals surface area contributed by atoms with Crippen molar-refractivity contribution < 1.29 is 13.9 Å². The van der Waals surface area contributed by atoms with Crippen LogP contribution in [0.5, 0.6) is 11.5 Å². The Labute approximate surface area is 230 Å². The molecule has 0 N–H and O–H groups in total. The zero-order valence-electron chi connectivity index (χ0n) is 20.0. The summed E-state index contributed by atoms with van der Waals surface area (Å²) in [6.45, 7) is 6.31. The number of hydrogen-bond acceptors (Lipinski definition) is 5. The van der Waals surface area contributed by atoms with E-state index in [0.29, 0.717) is 40.4 Å². The molecule has 0 fully saturated rings. The number of hydrogen-bond donors (Lipinski definition) is 0. The molecule has 0 atom stereocenters. The number of aromatic nitrogens is 2. The molecule has 0 aliphatic rings. The van der Waals surface area contributed by atoms with Gasteiger partial charge in [0.1, 0.15) is 18.2 Å². The van der Waals surface area contributed by atoms with Gasteiger partial charge in [-0.25, -0.2) is 9.37 Å². The quantitative estimate of drug-likeness (QED) is 0.152. The summed E-state index contributed by atoms with van der Waals surface area (Å²) in [5.74, 6) is 1.26. The summed E-state index contributed by atoms with van der Waals surface area (Å²) in [6, 6.07) is 15.6. The van der Waals surface area contributed by atoms with Crippen molar-refractivity contribution in [3.05, 3.63) is 95.8 Å². The van der Waals surface area contributed by atoms with Gasteiger partial charge in [-0.3, -0.25) is 4.79 Å². The minimum Gasteiger partial charge on any atom is -0.490 e. The fraction of sp³-hybridized carbons (Fsp3) is 0.222. The molecule has 3 aromatic carbocycles. The van der Waals surface area contributed by atoms with Gasteiger partial charge in [0.2, 0.25) is 0 Å². The van der Waals surface area contributed by atoms with Gasteiger partial charge in [0.15, 0.2) is 11.5 Å². The van der Waals surface area contributed by atoms with E-state index in [1.54, 1.807) is 36.5 Å². The van der Waals surface area contributed by atoms with Crippen LogP contribution in [0.1, 0.15) is 43.6 Å². The van der Waals surface area contributed by atoms with Crippen LogP contribution < -0.4 is 15.0 Å². The number of rotatable bonds is 8. The molecule has 4 rings (SSSR count). The van der Waals surface area contributed by atoms with E-state index >= 15 is 0 Å². The molecule has 0 saturated carbocycles. The van der Waals surface area contributed by atoms with E-state index in [1.807, 2.05) is 39.0 Å². The van der Waals surface area contributed by atoms with Crippen molar-refractivity contribution in [1.82, 2.24) is 9.66 Å².